The van der Waals surface area contributed by atoms with Crippen LogP contribution in [-0.2, 0) is 4.79 Å². The second kappa shape index (κ2) is 5.07. The molecule has 0 amide bonds. The summed E-state index contributed by atoms with van der Waals surface area (Å²) < 4.78 is 1.79. The molecule has 18 heavy (non-hydrogen) atoms. The van der Waals surface area contributed by atoms with E-state index in [2.05, 4.69) is 4.98 Å². The molecule has 0 aliphatic heterocycles. The third kappa shape index (κ3) is 2.54. The first-order valence-electron chi connectivity index (χ1n) is 5.28. The molecule has 4 nitrogen and oxygen atoms in total. The van der Waals surface area contributed by atoms with Gasteiger partial charge >= 0.3 is 0 Å². The first-order chi connectivity index (χ1) is 8.51. The summed E-state index contributed by atoms with van der Waals surface area (Å²) in [6.07, 6.45) is 1.86. The third-order valence-electron chi connectivity index (χ3n) is 2.41. The monoisotopic (exact) mass is 280 g/mol. The van der Waals surface area contributed by atoms with Crippen LogP contribution in [0, 0.1) is 0 Å². The van der Waals surface area contributed by atoms with Crippen LogP contribution in [0.4, 0.5) is 5.69 Å². The molecular formula is C12H12N2O2S2. The van der Waals surface area contributed by atoms with Crippen LogP contribution in [0.3, 0.4) is 0 Å². The summed E-state index contributed by atoms with van der Waals surface area (Å²) in [7, 11) is 0. The van der Waals surface area contributed by atoms with E-state index in [0.717, 1.165) is 14.6 Å². The predicted molar refractivity (Wildman–Crippen MR) is 75.4 cm³/mol. The minimum absolute atomic E-state index is 0.0842. The van der Waals surface area contributed by atoms with Crippen LogP contribution >= 0.6 is 23.1 Å². The van der Waals surface area contributed by atoms with Gasteiger partial charge in [0.05, 0.1) is 16.8 Å². The lowest BCUT2D eigenvalue weighted by Crippen LogP contribution is -2.05. The molecule has 0 saturated heterocycles. The number of anilines is 1. The zero-order valence-corrected chi connectivity index (χ0v) is 11.7. The maximum atomic E-state index is 11.8. The number of carbonyl (C=O) groups is 2. The molecular weight excluding hydrogens is 268 g/mol. The molecule has 0 unspecified atom stereocenters. The number of hydrogen-bond acceptors (Lipinski definition) is 6. The number of thioether (sulfide) groups is 1. The van der Waals surface area contributed by atoms with Gasteiger partial charge in [-0.05, 0) is 25.3 Å². The van der Waals surface area contributed by atoms with Crippen molar-refractivity contribution >= 4 is 50.6 Å². The minimum atomic E-state index is -0.199. The summed E-state index contributed by atoms with van der Waals surface area (Å²) in [5.41, 5.74) is 7.58. The number of nitrogens with two attached hydrogens (primary N) is 1. The molecule has 0 bridgehead atoms. The number of Topliss-reactive ketones (excluding diaryl/α,β-unsaturated/α-hetero) is 2. The van der Waals surface area contributed by atoms with Crippen LogP contribution in [0.15, 0.2) is 16.5 Å². The second-order valence-electron chi connectivity index (χ2n) is 3.90. The lowest BCUT2D eigenvalue weighted by molar-refractivity contribution is -0.116. The highest BCUT2D eigenvalue weighted by Crippen LogP contribution is 2.32. The average molecular weight is 280 g/mol. The van der Waals surface area contributed by atoms with Gasteiger partial charge in [0, 0.05) is 5.56 Å². The third-order valence-corrected chi connectivity index (χ3v) is 4.40. The highest BCUT2D eigenvalue weighted by molar-refractivity contribution is 8.00. The molecule has 0 spiro atoms. The van der Waals surface area contributed by atoms with E-state index >= 15 is 0 Å². The number of nitrogens with zero attached hydrogens (tertiary/aromatic N) is 1. The Morgan fingerprint density at radius 1 is 1.44 bits per heavy atom. The number of rotatable bonds is 4. The SMILES string of the molecule is CSc1nc2c(N)cc(C(=O)CC(C)=O)cc2s1. The van der Waals surface area contributed by atoms with E-state index in [9.17, 15) is 9.59 Å². The van der Waals surface area contributed by atoms with Gasteiger partial charge in [0.2, 0.25) is 0 Å². The largest absolute Gasteiger partial charge is 0.397 e. The zero-order valence-electron chi connectivity index (χ0n) is 10.0. The summed E-state index contributed by atoms with van der Waals surface area (Å²) in [5.74, 6) is -0.344. The Bertz CT molecular complexity index is 634. The Morgan fingerprint density at radius 3 is 2.78 bits per heavy atom. The topological polar surface area (TPSA) is 73.0 Å². The van der Waals surface area contributed by atoms with Crippen molar-refractivity contribution in [2.75, 3.05) is 12.0 Å². The summed E-state index contributed by atoms with van der Waals surface area (Å²) in [6, 6.07) is 3.35. The molecule has 2 rings (SSSR count). The minimum Gasteiger partial charge on any atom is -0.397 e. The molecule has 1 aromatic carbocycles. The summed E-state index contributed by atoms with van der Waals surface area (Å²) >= 11 is 3.04. The highest BCUT2D eigenvalue weighted by atomic mass is 32.2. The van der Waals surface area contributed by atoms with E-state index in [1.54, 1.807) is 23.9 Å². The summed E-state index contributed by atoms with van der Waals surface area (Å²) in [5, 5.41) is 0. The maximum Gasteiger partial charge on any atom is 0.170 e. The fourth-order valence-corrected chi connectivity index (χ4v) is 3.17. The van der Waals surface area contributed by atoms with Crippen molar-refractivity contribution in [2.24, 2.45) is 0 Å². The number of hydrogen-bond donors (Lipinski definition) is 1. The van der Waals surface area contributed by atoms with E-state index in [1.807, 2.05) is 6.26 Å². The van der Waals surface area contributed by atoms with Crippen LogP contribution < -0.4 is 5.73 Å². The van der Waals surface area contributed by atoms with Gasteiger partial charge in [-0.25, -0.2) is 4.98 Å². The van der Waals surface area contributed by atoms with Gasteiger partial charge in [-0.2, -0.15) is 0 Å². The van der Waals surface area contributed by atoms with Gasteiger partial charge in [-0.15, -0.1) is 11.3 Å². The van der Waals surface area contributed by atoms with Crippen LogP contribution in [-0.4, -0.2) is 22.8 Å². The molecule has 1 heterocycles. The Labute approximate surface area is 113 Å². The van der Waals surface area contributed by atoms with Gasteiger partial charge in [-0.3, -0.25) is 9.59 Å². The highest BCUT2D eigenvalue weighted by Gasteiger charge is 2.13. The first-order valence-corrected chi connectivity index (χ1v) is 7.32. The molecule has 6 heteroatoms. The molecule has 0 saturated carbocycles. The van der Waals surface area contributed by atoms with E-state index in [1.165, 1.54) is 18.3 Å². The normalized spacial score (nSPS) is 10.8. The molecule has 2 N–H and O–H groups in total. The van der Waals surface area contributed by atoms with Gasteiger partial charge in [0.1, 0.15) is 11.3 Å². The molecule has 94 valence electrons. The van der Waals surface area contributed by atoms with Crippen molar-refractivity contribution in [3.05, 3.63) is 17.7 Å². The zero-order chi connectivity index (χ0) is 13.3. The van der Waals surface area contributed by atoms with Crippen molar-refractivity contribution < 1.29 is 9.59 Å². The van der Waals surface area contributed by atoms with Crippen molar-refractivity contribution in [3.8, 4) is 0 Å². The number of aromatic nitrogens is 1. The van der Waals surface area contributed by atoms with Gasteiger partial charge < -0.3 is 5.73 Å². The van der Waals surface area contributed by atoms with Crippen molar-refractivity contribution in [3.63, 3.8) is 0 Å². The number of ketones is 2. The standard InChI is InChI=1S/C12H12N2O2S2/c1-6(15)3-9(16)7-4-8(13)11-10(5-7)18-12(14-11)17-2/h4-5H,3,13H2,1-2H3. The van der Waals surface area contributed by atoms with E-state index in [0.29, 0.717) is 11.3 Å². The Kier molecular flexibility index (Phi) is 3.68. The second-order valence-corrected chi connectivity index (χ2v) is 5.98. The predicted octanol–water partition coefficient (Wildman–Crippen LogP) is 2.76. The Morgan fingerprint density at radius 2 is 2.17 bits per heavy atom. The van der Waals surface area contributed by atoms with Gasteiger partial charge in [0.25, 0.3) is 0 Å². The Hall–Kier alpha value is -1.40. The molecule has 0 radical (unpaired) electrons. The number of benzene rings is 1. The van der Waals surface area contributed by atoms with E-state index < -0.39 is 0 Å². The molecule has 1 aromatic heterocycles. The van der Waals surface area contributed by atoms with Crippen molar-refractivity contribution in [1.29, 1.82) is 0 Å². The van der Waals surface area contributed by atoms with Crippen LogP contribution in [0.2, 0.25) is 0 Å². The lowest BCUT2D eigenvalue weighted by Gasteiger charge is -2.01. The van der Waals surface area contributed by atoms with E-state index in [4.69, 9.17) is 5.73 Å². The molecule has 0 aliphatic carbocycles. The van der Waals surface area contributed by atoms with Crippen molar-refractivity contribution in [2.45, 2.75) is 17.7 Å². The molecule has 2 aromatic rings. The maximum absolute atomic E-state index is 11.8. The molecule has 0 fully saturated rings. The van der Waals surface area contributed by atoms with Crippen LogP contribution in [0.25, 0.3) is 10.2 Å². The van der Waals surface area contributed by atoms with Gasteiger partial charge in [0.15, 0.2) is 10.1 Å². The van der Waals surface area contributed by atoms with Crippen LogP contribution in [0.1, 0.15) is 23.7 Å². The lowest BCUT2D eigenvalue weighted by atomic mass is 10.1. The average Bonchev–Trinajstić information content (AvgIpc) is 2.71. The number of thiazole rings is 1. The first kappa shape index (κ1) is 13.0. The summed E-state index contributed by atoms with van der Waals surface area (Å²) in [6.45, 7) is 1.40. The van der Waals surface area contributed by atoms with Crippen LogP contribution in [0.5, 0.6) is 0 Å². The molecule has 0 atom stereocenters. The fraction of sp³-hybridized carbons (Fsp3) is 0.250. The van der Waals surface area contributed by atoms with Gasteiger partial charge in [-0.1, -0.05) is 11.8 Å². The number of carbonyl (C=O) groups excluding carboxylic acids is 2. The fourth-order valence-electron chi connectivity index (χ4n) is 1.61. The number of nitrogen functional groups attached to an aromatic ring is 1. The number of fused-ring (bicyclic) bond motifs is 1. The quantitative estimate of drug-likeness (QED) is 0.403. The smallest absolute Gasteiger partial charge is 0.170 e. The Balaban J connectivity index is 2.47. The summed E-state index contributed by atoms with van der Waals surface area (Å²) in [4.78, 5) is 27.2. The van der Waals surface area contributed by atoms with E-state index in [-0.39, 0.29) is 18.0 Å². The van der Waals surface area contributed by atoms with Crippen molar-refractivity contribution in [1.82, 2.24) is 4.98 Å². The molecule has 0 aliphatic rings.